The number of thioether (sulfide) groups is 1. The normalized spacial score (nSPS) is 10.6. The van der Waals surface area contributed by atoms with Gasteiger partial charge in [0.2, 0.25) is 5.91 Å². The fourth-order valence-corrected chi connectivity index (χ4v) is 2.62. The van der Waals surface area contributed by atoms with E-state index in [1.807, 2.05) is 32.0 Å². The zero-order chi connectivity index (χ0) is 16.8. The van der Waals surface area contributed by atoms with Crippen molar-refractivity contribution in [2.45, 2.75) is 25.6 Å². The minimum Gasteiger partial charge on any atom is -0.378 e. The highest BCUT2D eigenvalue weighted by Gasteiger charge is 2.07. The molecule has 0 fully saturated rings. The molecule has 2 aromatic rings. The van der Waals surface area contributed by atoms with E-state index < -0.39 is 0 Å². The van der Waals surface area contributed by atoms with E-state index in [1.54, 1.807) is 0 Å². The Labute approximate surface area is 138 Å². The molecule has 1 aromatic carbocycles. The van der Waals surface area contributed by atoms with E-state index in [2.05, 4.69) is 15.3 Å². The number of hydrogen-bond acceptors (Lipinski definition) is 5. The quantitative estimate of drug-likeness (QED) is 0.626. The van der Waals surface area contributed by atoms with Gasteiger partial charge in [-0.3, -0.25) is 9.59 Å². The molecule has 2 N–H and O–H groups in total. The van der Waals surface area contributed by atoms with Gasteiger partial charge in [-0.1, -0.05) is 17.8 Å². The number of ether oxygens (including phenoxy) is 1. The first kappa shape index (κ1) is 17.2. The predicted molar refractivity (Wildman–Crippen MR) is 90.8 cm³/mol. The maximum absolute atomic E-state index is 12.0. The molecular weight excluding hydrogens is 314 g/mol. The molecule has 0 saturated heterocycles. The Morgan fingerprint density at radius 2 is 2.09 bits per heavy atom. The molecule has 0 bridgehead atoms. The number of benzene rings is 1. The summed E-state index contributed by atoms with van der Waals surface area (Å²) in [6, 6.07) is 7.13. The maximum Gasteiger partial charge on any atom is 0.251 e. The Balaban J connectivity index is 1.96. The number of nitrogens with zero attached hydrogens (tertiary/aromatic N) is 1. The molecule has 23 heavy (non-hydrogen) atoms. The smallest absolute Gasteiger partial charge is 0.251 e. The SMILES string of the molecule is COCc1cc(=O)[nH]c(SCC(=O)Nc2ccc(C)c(C)c2)n1. The van der Waals surface area contributed by atoms with E-state index in [9.17, 15) is 9.59 Å². The van der Waals surface area contributed by atoms with Crippen LogP contribution in [0.4, 0.5) is 5.69 Å². The highest BCUT2D eigenvalue weighted by Crippen LogP contribution is 2.16. The second-order valence-corrected chi connectivity index (χ2v) is 6.07. The molecule has 1 heterocycles. The van der Waals surface area contributed by atoms with Crippen LogP contribution < -0.4 is 10.9 Å². The first-order valence-corrected chi connectivity index (χ1v) is 8.05. The monoisotopic (exact) mass is 333 g/mol. The Hall–Kier alpha value is -2.12. The van der Waals surface area contributed by atoms with Gasteiger partial charge >= 0.3 is 0 Å². The fourth-order valence-electron chi connectivity index (χ4n) is 1.92. The van der Waals surface area contributed by atoms with Crippen molar-refractivity contribution in [2.24, 2.45) is 0 Å². The number of H-pyrrole nitrogens is 1. The summed E-state index contributed by atoms with van der Waals surface area (Å²) in [6.45, 7) is 4.27. The molecular formula is C16H19N3O3S. The number of aryl methyl sites for hydroxylation is 2. The average Bonchev–Trinajstić information content (AvgIpc) is 2.49. The minimum absolute atomic E-state index is 0.155. The topological polar surface area (TPSA) is 84.1 Å². The van der Waals surface area contributed by atoms with Crippen molar-refractivity contribution >= 4 is 23.4 Å². The van der Waals surface area contributed by atoms with Crippen LogP contribution in [0.1, 0.15) is 16.8 Å². The molecule has 2 rings (SSSR count). The molecule has 0 aliphatic carbocycles. The first-order chi connectivity index (χ1) is 11.0. The van der Waals surface area contributed by atoms with Crippen molar-refractivity contribution in [1.29, 1.82) is 0 Å². The predicted octanol–water partition coefficient (Wildman–Crippen LogP) is 2.26. The molecule has 0 aliphatic rings. The second kappa shape index (κ2) is 7.94. The van der Waals surface area contributed by atoms with Crippen LogP contribution in [0.15, 0.2) is 34.2 Å². The third kappa shape index (κ3) is 5.22. The van der Waals surface area contributed by atoms with Crippen molar-refractivity contribution in [3.05, 3.63) is 51.4 Å². The number of aromatic nitrogens is 2. The molecule has 6 nitrogen and oxygen atoms in total. The van der Waals surface area contributed by atoms with Gasteiger partial charge in [-0.25, -0.2) is 4.98 Å². The highest BCUT2D eigenvalue weighted by molar-refractivity contribution is 7.99. The number of anilines is 1. The second-order valence-electron chi connectivity index (χ2n) is 5.11. The summed E-state index contributed by atoms with van der Waals surface area (Å²) in [4.78, 5) is 30.4. The summed E-state index contributed by atoms with van der Waals surface area (Å²) in [5.74, 6) is 0.00444. The molecule has 1 aromatic heterocycles. The zero-order valence-corrected chi connectivity index (χ0v) is 14.1. The van der Waals surface area contributed by atoms with Gasteiger partial charge in [-0.15, -0.1) is 0 Å². The Morgan fingerprint density at radius 3 is 2.78 bits per heavy atom. The lowest BCUT2D eigenvalue weighted by Gasteiger charge is -2.07. The zero-order valence-electron chi connectivity index (χ0n) is 13.3. The summed E-state index contributed by atoms with van der Waals surface area (Å²) < 4.78 is 4.96. The van der Waals surface area contributed by atoms with E-state index in [1.165, 1.54) is 30.5 Å². The average molecular weight is 333 g/mol. The molecule has 0 spiro atoms. The molecule has 1 amide bonds. The summed E-state index contributed by atoms with van der Waals surface area (Å²) in [5.41, 5.74) is 3.33. The number of hydrogen-bond donors (Lipinski definition) is 2. The van der Waals surface area contributed by atoms with Gasteiger partial charge in [-0.2, -0.15) is 0 Å². The van der Waals surface area contributed by atoms with Gasteiger partial charge in [0, 0.05) is 18.9 Å². The van der Waals surface area contributed by atoms with Crippen molar-refractivity contribution in [3.8, 4) is 0 Å². The van der Waals surface area contributed by atoms with Crippen LogP contribution in [0, 0.1) is 13.8 Å². The fraction of sp³-hybridized carbons (Fsp3) is 0.312. The van der Waals surface area contributed by atoms with Crippen LogP contribution in [-0.4, -0.2) is 28.7 Å². The van der Waals surface area contributed by atoms with Gasteiger partial charge in [0.25, 0.3) is 5.56 Å². The van der Waals surface area contributed by atoms with Crippen molar-refractivity contribution < 1.29 is 9.53 Å². The lowest BCUT2D eigenvalue weighted by molar-refractivity contribution is -0.113. The molecule has 0 atom stereocenters. The number of nitrogens with one attached hydrogen (secondary N) is 2. The molecule has 0 saturated carbocycles. The van der Waals surface area contributed by atoms with Gasteiger partial charge in [0.1, 0.15) is 0 Å². The largest absolute Gasteiger partial charge is 0.378 e. The third-order valence-corrected chi connectivity index (χ3v) is 4.07. The number of carbonyl (C=O) groups is 1. The number of rotatable bonds is 6. The van der Waals surface area contributed by atoms with Crippen LogP contribution in [0.3, 0.4) is 0 Å². The van der Waals surface area contributed by atoms with Crippen molar-refractivity contribution in [2.75, 3.05) is 18.2 Å². The minimum atomic E-state index is -0.260. The van der Waals surface area contributed by atoms with Gasteiger partial charge in [-0.05, 0) is 37.1 Å². The lowest BCUT2D eigenvalue weighted by Crippen LogP contribution is -2.16. The van der Waals surface area contributed by atoms with Crippen molar-refractivity contribution in [1.82, 2.24) is 9.97 Å². The van der Waals surface area contributed by atoms with Crippen LogP contribution in [0.25, 0.3) is 0 Å². The molecule has 0 unspecified atom stereocenters. The summed E-state index contributed by atoms with van der Waals surface area (Å²) >= 11 is 1.18. The number of aromatic amines is 1. The van der Waals surface area contributed by atoms with Crippen molar-refractivity contribution in [3.63, 3.8) is 0 Å². The van der Waals surface area contributed by atoms with Crippen LogP contribution in [0.5, 0.6) is 0 Å². The van der Waals surface area contributed by atoms with E-state index >= 15 is 0 Å². The summed E-state index contributed by atoms with van der Waals surface area (Å²) in [5, 5.41) is 3.23. The van der Waals surface area contributed by atoms with E-state index in [0.29, 0.717) is 10.9 Å². The number of methoxy groups -OCH3 is 1. The van der Waals surface area contributed by atoms with Gasteiger partial charge in [0.05, 0.1) is 18.1 Å². The maximum atomic E-state index is 12.0. The van der Waals surface area contributed by atoms with Gasteiger partial charge < -0.3 is 15.0 Å². The summed E-state index contributed by atoms with van der Waals surface area (Å²) in [6.07, 6.45) is 0. The third-order valence-electron chi connectivity index (χ3n) is 3.20. The van der Waals surface area contributed by atoms with E-state index in [4.69, 9.17) is 4.74 Å². The van der Waals surface area contributed by atoms with E-state index in [-0.39, 0.29) is 23.8 Å². The summed E-state index contributed by atoms with van der Waals surface area (Å²) in [7, 11) is 1.53. The molecule has 0 aliphatic heterocycles. The van der Waals surface area contributed by atoms with E-state index in [0.717, 1.165) is 11.3 Å². The lowest BCUT2D eigenvalue weighted by atomic mass is 10.1. The molecule has 7 heteroatoms. The van der Waals surface area contributed by atoms with Crippen LogP contribution in [0.2, 0.25) is 0 Å². The Kier molecular flexibility index (Phi) is 5.95. The van der Waals surface area contributed by atoms with Crippen LogP contribution in [-0.2, 0) is 16.1 Å². The number of carbonyl (C=O) groups excluding carboxylic acids is 1. The Bertz CT molecular complexity index is 758. The van der Waals surface area contributed by atoms with Crippen LogP contribution >= 0.6 is 11.8 Å². The highest BCUT2D eigenvalue weighted by atomic mass is 32.2. The Morgan fingerprint density at radius 1 is 1.30 bits per heavy atom. The van der Waals surface area contributed by atoms with Gasteiger partial charge in [0.15, 0.2) is 5.16 Å². The molecule has 122 valence electrons. The number of amides is 1. The first-order valence-electron chi connectivity index (χ1n) is 7.07. The standard InChI is InChI=1S/C16H19N3O3S/c1-10-4-5-12(6-11(10)2)17-15(21)9-23-16-18-13(8-22-3)7-14(20)19-16/h4-7H,8-9H2,1-3H3,(H,17,21)(H,18,19,20). The molecule has 0 radical (unpaired) electrons.